The summed E-state index contributed by atoms with van der Waals surface area (Å²) in [6.07, 6.45) is 1.63. The molecule has 2 aromatic heterocycles. The van der Waals surface area contributed by atoms with Gasteiger partial charge in [-0.05, 0) is 43.7 Å². The Bertz CT molecular complexity index is 1050. The lowest BCUT2D eigenvalue weighted by atomic mass is 10.2. The van der Waals surface area contributed by atoms with Crippen molar-refractivity contribution in [2.45, 2.75) is 31.0 Å². The molecule has 9 heteroatoms. The molecule has 0 aliphatic carbocycles. The summed E-state index contributed by atoms with van der Waals surface area (Å²) in [6.45, 7) is 4.06. The lowest BCUT2D eigenvalue weighted by molar-refractivity contribution is 0.235. The van der Waals surface area contributed by atoms with Crippen molar-refractivity contribution in [3.63, 3.8) is 0 Å². The summed E-state index contributed by atoms with van der Waals surface area (Å²) >= 11 is 0. The molecule has 0 aliphatic rings. The number of hydrogen-bond donors (Lipinski definition) is 1. The molecule has 0 fully saturated rings. The van der Waals surface area contributed by atoms with Crippen LogP contribution in [-0.4, -0.2) is 28.9 Å². The normalized spacial score (nSPS) is 11.7. The zero-order valence-corrected chi connectivity index (χ0v) is 15.5. The molecule has 0 aliphatic heterocycles. The summed E-state index contributed by atoms with van der Waals surface area (Å²) in [5.41, 5.74) is 2.74. The van der Waals surface area contributed by atoms with E-state index in [-0.39, 0.29) is 12.2 Å². The van der Waals surface area contributed by atoms with E-state index in [4.69, 9.17) is 0 Å². The van der Waals surface area contributed by atoms with Gasteiger partial charge in [0.05, 0.1) is 16.3 Å². The van der Waals surface area contributed by atoms with Crippen molar-refractivity contribution in [1.82, 2.24) is 14.8 Å². The van der Waals surface area contributed by atoms with Gasteiger partial charge >= 0.3 is 5.76 Å². The van der Waals surface area contributed by atoms with Crippen LogP contribution < -0.4 is 5.32 Å². The molecule has 6 nitrogen and oxygen atoms in total. The molecule has 27 heavy (non-hydrogen) atoms. The van der Waals surface area contributed by atoms with Gasteiger partial charge in [0.2, 0.25) is 9.84 Å². The molecule has 0 unspecified atom stereocenters. The number of anilines is 1. The molecule has 0 saturated heterocycles. The third-order valence-corrected chi connectivity index (χ3v) is 5.39. The second-order valence-electron chi connectivity index (χ2n) is 6.02. The molecule has 3 aromatic rings. The van der Waals surface area contributed by atoms with E-state index in [1.807, 2.05) is 26.0 Å². The first-order valence-corrected chi connectivity index (χ1v) is 9.67. The highest BCUT2D eigenvalue weighted by atomic mass is 32.2. The van der Waals surface area contributed by atoms with Gasteiger partial charge in [-0.15, -0.1) is 0 Å². The molecule has 0 atom stereocenters. The van der Waals surface area contributed by atoms with Crippen molar-refractivity contribution < 1.29 is 17.2 Å². The van der Waals surface area contributed by atoms with Crippen LogP contribution in [0.2, 0.25) is 0 Å². The fourth-order valence-corrected chi connectivity index (χ4v) is 3.57. The molecule has 3 rings (SSSR count). The Morgan fingerprint density at radius 2 is 1.89 bits per heavy atom. The second kappa shape index (κ2) is 7.43. The van der Waals surface area contributed by atoms with E-state index in [0.717, 1.165) is 23.0 Å². The Morgan fingerprint density at radius 3 is 2.48 bits per heavy atom. The maximum atomic E-state index is 12.8. The van der Waals surface area contributed by atoms with Crippen LogP contribution in [0.25, 0.3) is 5.82 Å². The van der Waals surface area contributed by atoms with E-state index in [1.54, 1.807) is 23.0 Å². The third kappa shape index (κ3) is 3.97. The average Bonchev–Trinajstić information content (AvgIpc) is 2.98. The van der Waals surface area contributed by atoms with Crippen LogP contribution in [0.1, 0.15) is 17.0 Å². The predicted molar refractivity (Wildman–Crippen MR) is 97.8 cm³/mol. The van der Waals surface area contributed by atoms with E-state index in [9.17, 15) is 17.2 Å². The first kappa shape index (κ1) is 19.0. The van der Waals surface area contributed by atoms with Gasteiger partial charge in [0.15, 0.2) is 5.82 Å². The van der Waals surface area contributed by atoms with E-state index >= 15 is 0 Å². The van der Waals surface area contributed by atoms with Crippen molar-refractivity contribution in [3.05, 3.63) is 65.6 Å². The van der Waals surface area contributed by atoms with Gasteiger partial charge in [0.1, 0.15) is 0 Å². The van der Waals surface area contributed by atoms with Crippen molar-refractivity contribution in [3.8, 4) is 5.82 Å². The molecule has 0 saturated carbocycles. The maximum Gasteiger partial charge on any atom is 0.341 e. The molecule has 0 amide bonds. The number of aromatic nitrogens is 3. The van der Waals surface area contributed by atoms with E-state index in [1.165, 1.54) is 12.1 Å². The number of aryl methyl sites for hydroxylation is 2. The minimum Gasteiger partial charge on any atom is -0.380 e. The zero-order chi connectivity index (χ0) is 19.6. The molecular weight excluding hydrogens is 374 g/mol. The molecule has 1 aromatic carbocycles. The second-order valence-corrected chi connectivity index (χ2v) is 7.91. The third-order valence-electron chi connectivity index (χ3n) is 3.95. The fourth-order valence-electron chi connectivity index (χ4n) is 2.66. The maximum absolute atomic E-state index is 12.8. The summed E-state index contributed by atoms with van der Waals surface area (Å²) in [4.78, 5) is 3.93. The highest BCUT2D eigenvalue weighted by Crippen LogP contribution is 2.26. The van der Waals surface area contributed by atoms with Gasteiger partial charge in [-0.1, -0.05) is 18.2 Å². The Hall–Kier alpha value is -2.81. The molecule has 0 radical (unpaired) electrons. The number of alkyl halides is 2. The van der Waals surface area contributed by atoms with E-state index in [0.29, 0.717) is 5.82 Å². The summed E-state index contributed by atoms with van der Waals surface area (Å²) in [5.74, 6) is -2.81. The molecule has 0 spiro atoms. The molecule has 0 bridgehead atoms. The Balaban J connectivity index is 1.78. The monoisotopic (exact) mass is 392 g/mol. The first-order valence-electron chi connectivity index (χ1n) is 8.12. The predicted octanol–water partition coefficient (Wildman–Crippen LogP) is 3.49. The van der Waals surface area contributed by atoms with Crippen LogP contribution in [0.4, 0.5) is 14.5 Å². The highest BCUT2D eigenvalue weighted by molar-refractivity contribution is 7.91. The van der Waals surface area contributed by atoms with Crippen molar-refractivity contribution in [1.29, 1.82) is 0 Å². The SMILES string of the molecule is Cc1cc(C)n(-c2ccc(CNc3ccccc3S(=O)(=O)C(F)F)cn2)n1. The van der Waals surface area contributed by atoms with E-state index in [2.05, 4.69) is 15.4 Å². The first-order chi connectivity index (χ1) is 12.8. The number of hydrogen-bond acceptors (Lipinski definition) is 5. The lowest BCUT2D eigenvalue weighted by Gasteiger charge is -2.12. The van der Waals surface area contributed by atoms with Crippen molar-refractivity contribution in [2.75, 3.05) is 5.32 Å². The Kier molecular flexibility index (Phi) is 5.22. The fraction of sp³-hybridized carbons (Fsp3) is 0.222. The lowest BCUT2D eigenvalue weighted by Crippen LogP contribution is -2.14. The van der Waals surface area contributed by atoms with Gasteiger partial charge in [0.25, 0.3) is 0 Å². The summed E-state index contributed by atoms with van der Waals surface area (Å²) < 4.78 is 51.0. The summed E-state index contributed by atoms with van der Waals surface area (Å²) in [5, 5.41) is 7.25. The van der Waals surface area contributed by atoms with Gasteiger partial charge in [0, 0.05) is 18.4 Å². The number of benzene rings is 1. The molecule has 1 N–H and O–H groups in total. The quantitative estimate of drug-likeness (QED) is 0.695. The van der Waals surface area contributed by atoms with Gasteiger partial charge < -0.3 is 5.32 Å². The Labute approximate surface area is 155 Å². The summed E-state index contributed by atoms with van der Waals surface area (Å²) in [6, 6.07) is 11.1. The topological polar surface area (TPSA) is 76.9 Å². The minimum absolute atomic E-state index is 0.125. The number of pyridine rings is 1. The van der Waals surface area contributed by atoms with Gasteiger partial charge in [-0.3, -0.25) is 0 Å². The number of rotatable bonds is 6. The standard InChI is InChI=1S/C18H18F2N4O2S/c1-12-9-13(2)24(23-12)17-8-7-14(11-22-17)10-21-15-5-3-4-6-16(15)27(25,26)18(19)20/h3-9,11,18,21H,10H2,1-2H3. The number of nitrogens with zero attached hydrogens (tertiary/aromatic N) is 3. The molecular formula is C18H18F2N4O2S. The number of halogens is 2. The van der Waals surface area contributed by atoms with Crippen LogP contribution >= 0.6 is 0 Å². The minimum atomic E-state index is -4.68. The van der Waals surface area contributed by atoms with Gasteiger partial charge in [-0.2, -0.15) is 13.9 Å². The number of sulfone groups is 1. The van der Waals surface area contributed by atoms with Crippen LogP contribution in [0, 0.1) is 13.8 Å². The highest BCUT2D eigenvalue weighted by Gasteiger charge is 2.28. The average molecular weight is 392 g/mol. The van der Waals surface area contributed by atoms with Crippen LogP contribution in [0.5, 0.6) is 0 Å². The smallest absolute Gasteiger partial charge is 0.341 e. The zero-order valence-electron chi connectivity index (χ0n) is 14.7. The van der Waals surface area contributed by atoms with Crippen LogP contribution in [-0.2, 0) is 16.4 Å². The summed E-state index contributed by atoms with van der Waals surface area (Å²) in [7, 11) is -4.68. The van der Waals surface area contributed by atoms with Crippen LogP contribution in [0.15, 0.2) is 53.6 Å². The Morgan fingerprint density at radius 1 is 1.15 bits per heavy atom. The van der Waals surface area contributed by atoms with Gasteiger partial charge in [-0.25, -0.2) is 18.1 Å². The van der Waals surface area contributed by atoms with E-state index < -0.39 is 20.5 Å². The largest absolute Gasteiger partial charge is 0.380 e. The number of para-hydroxylation sites is 1. The van der Waals surface area contributed by atoms with Crippen molar-refractivity contribution in [2.24, 2.45) is 0 Å². The molecule has 2 heterocycles. The van der Waals surface area contributed by atoms with Crippen LogP contribution in [0.3, 0.4) is 0 Å². The van der Waals surface area contributed by atoms with Crippen molar-refractivity contribution >= 4 is 15.5 Å². The number of nitrogens with one attached hydrogen (secondary N) is 1. The molecule has 142 valence electrons.